The van der Waals surface area contributed by atoms with E-state index >= 15 is 0 Å². The zero-order chi connectivity index (χ0) is 10.8. The molecule has 0 amide bonds. The predicted octanol–water partition coefficient (Wildman–Crippen LogP) is 2.60. The Morgan fingerprint density at radius 1 is 1.27 bits per heavy atom. The second-order valence-electron chi connectivity index (χ2n) is 4.40. The van der Waals surface area contributed by atoms with Crippen molar-refractivity contribution < 1.29 is 9.84 Å². The van der Waals surface area contributed by atoms with Crippen LogP contribution in [0.25, 0.3) is 0 Å². The van der Waals surface area contributed by atoms with Crippen molar-refractivity contribution in [2.24, 2.45) is 0 Å². The van der Waals surface area contributed by atoms with Crippen LogP contribution in [-0.4, -0.2) is 17.3 Å². The molecule has 0 aromatic heterocycles. The molecular formula is C13H18O2. The molecule has 1 aromatic carbocycles. The maximum Gasteiger partial charge on any atom is 0.122 e. The van der Waals surface area contributed by atoms with Gasteiger partial charge < -0.3 is 9.84 Å². The summed E-state index contributed by atoms with van der Waals surface area (Å²) >= 11 is 0. The van der Waals surface area contributed by atoms with Gasteiger partial charge in [0, 0.05) is 6.42 Å². The largest absolute Gasteiger partial charge is 0.490 e. The first-order valence-corrected chi connectivity index (χ1v) is 5.58. The van der Waals surface area contributed by atoms with Gasteiger partial charge >= 0.3 is 0 Å². The summed E-state index contributed by atoms with van der Waals surface area (Å²) in [5.41, 5.74) is 2.46. The molecule has 0 spiro atoms. The van der Waals surface area contributed by atoms with Crippen molar-refractivity contribution in [1.82, 2.24) is 0 Å². The third kappa shape index (κ3) is 2.32. The fourth-order valence-corrected chi connectivity index (χ4v) is 2.06. The van der Waals surface area contributed by atoms with Crippen LogP contribution in [0.1, 0.15) is 30.4 Å². The summed E-state index contributed by atoms with van der Waals surface area (Å²) in [6.07, 6.45) is 2.64. The molecule has 2 rings (SSSR count). The van der Waals surface area contributed by atoms with Gasteiger partial charge in [0.1, 0.15) is 11.9 Å². The van der Waals surface area contributed by atoms with Gasteiger partial charge in [0.25, 0.3) is 0 Å². The molecule has 0 heterocycles. The van der Waals surface area contributed by atoms with Crippen LogP contribution in [0.2, 0.25) is 0 Å². The standard InChI is InChI=1S/C13H18O2/c1-9-4-3-5-13(10(9)2)15-12-7-6-11(14)8-12/h3-5,11-12,14H,6-8H2,1-2H3. The monoisotopic (exact) mass is 206 g/mol. The van der Waals surface area contributed by atoms with Crippen molar-refractivity contribution in [3.63, 3.8) is 0 Å². The molecule has 1 aromatic rings. The van der Waals surface area contributed by atoms with E-state index in [0.717, 1.165) is 25.0 Å². The minimum Gasteiger partial charge on any atom is -0.490 e. The molecule has 1 fully saturated rings. The van der Waals surface area contributed by atoms with Gasteiger partial charge in [-0.2, -0.15) is 0 Å². The van der Waals surface area contributed by atoms with Gasteiger partial charge in [-0.15, -0.1) is 0 Å². The third-order valence-electron chi connectivity index (χ3n) is 3.21. The summed E-state index contributed by atoms with van der Waals surface area (Å²) in [5, 5.41) is 9.42. The Hall–Kier alpha value is -1.02. The molecule has 1 saturated carbocycles. The summed E-state index contributed by atoms with van der Waals surface area (Å²) in [7, 11) is 0. The third-order valence-corrected chi connectivity index (χ3v) is 3.21. The minimum absolute atomic E-state index is 0.167. The second kappa shape index (κ2) is 4.23. The van der Waals surface area contributed by atoms with E-state index in [9.17, 15) is 5.11 Å². The summed E-state index contributed by atoms with van der Waals surface area (Å²) in [5.74, 6) is 0.967. The Kier molecular flexibility index (Phi) is 2.96. The Morgan fingerprint density at radius 2 is 2.07 bits per heavy atom. The van der Waals surface area contributed by atoms with Gasteiger partial charge in [-0.25, -0.2) is 0 Å². The topological polar surface area (TPSA) is 29.5 Å². The predicted molar refractivity (Wildman–Crippen MR) is 60.2 cm³/mol. The highest BCUT2D eigenvalue weighted by Crippen LogP contribution is 2.27. The van der Waals surface area contributed by atoms with Crippen molar-refractivity contribution in [1.29, 1.82) is 0 Å². The average molecular weight is 206 g/mol. The first-order valence-electron chi connectivity index (χ1n) is 5.58. The number of hydrogen-bond donors (Lipinski definition) is 1. The Balaban J connectivity index is 2.07. The lowest BCUT2D eigenvalue weighted by atomic mass is 10.1. The van der Waals surface area contributed by atoms with Crippen molar-refractivity contribution >= 4 is 0 Å². The lowest BCUT2D eigenvalue weighted by Crippen LogP contribution is -2.14. The molecule has 1 aliphatic carbocycles. The minimum atomic E-state index is -0.167. The highest BCUT2D eigenvalue weighted by molar-refractivity contribution is 5.38. The van der Waals surface area contributed by atoms with E-state index in [1.54, 1.807) is 0 Å². The van der Waals surface area contributed by atoms with Crippen LogP contribution in [0.4, 0.5) is 0 Å². The molecule has 2 atom stereocenters. The normalized spacial score (nSPS) is 25.5. The van der Waals surface area contributed by atoms with E-state index in [4.69, 9.17) is 4.74 Å². The molecule has 1 N–H and O–H groups in total. The SMILES string of the molecule is Cc1cccc(OC2CCC(O)C2)c1C. The van der Waals surface area contributed by atoms with Crippen LogP contribution < -0.4 is 4.74 Å². The number of benzene rings is 1. The lowest BCUT2D eigenvalue weighted by Gasteiger charge is -2.16. The average Bonchev–Trinajstić information content (AvgIpc) is 2.59. The van der Waals surface area contributed by atoms with Gasteiger partial charge in [-0.05, 0) is 43.9 Å². The van der Waals surface area contributed by atoms with Crippen molar-refractivity contribution in [3.05, 3.63) is 29.3 Å². The molecule has 0 saturated heterocycles. The number of ether oxygens (including phenoxy) is 1. The second-order valence-corrected chi connectivity index (χ2v) is 4.40. The molecule has 1 aliphatic rings. The molecule has 0 radical (unpaired) electrons. The van der Waals surface area contributed by atoms with Crippen LogP contribution in [0.3, 0.4) is 0 Å². The number of aliphatic hydroxyl groups excluding tert-OH is 1. The highest BCUT2D eigenvalue weighted by atomic mass is 16.5. The van der Waals surface area contributed by atoms with Crippen LogP contribution in [0.5, 0.6) is 5.75 Å². The molecule has 0 aliphatic heterocycles. The van der Waals surface area contributed by atoms with Gasteiger partial charge in [0.2, 0.25) is 0 Å². The van der Waals surface area contributed by atoms with E-state index < -0.39 is 0 Å². The van der Waals surface area contributed by atoms with Crippen molar-refractivity contribution in [3.8, 4) is 5.75 Å². The molecule has 82 valence electrons. The van der Waals surface area contributed by atoms with Crippen LogP contribution in [0, 0.1) is 13.8 Å². The van der Waals surface area contributed by atoms with Crippen molar-refractivity contribution in [2.75, 3.05) is 0 Å². The van der Waals surface area contributed by atoms with Crippen LogP contribution >= 0.6 is 0 Å². The van der Waals surface area contributed by atoms with E-state index in [0.29, 0.717) is 0 Å². The summed E-state index contributed by atoms with van der Waals surface area (Å²) in [6.45, 7) is 4.17. The van der Waals surface area contributed by atoms with Gasteiger partial charge in [-0.3, -0.25) is 0 Å². The summed E-state index contributed by atoms with van der Waals surface area (Å²) < 4.78 is 5.90. The quantitative estimate of drug-likeness (QED) is 0.806. The molecule has 2 unspecified atom stereocenters. The molecule has 2 nitrogen and oxygen atoms in total. The Morgan fingerprint density at radius 3 is 2.73 bits per heavy atom. The number of aliphatic hydroxyl groups is 1. The fraction of sp³-hybridized carbons (Fsp3) is 0.538. The number of hydrogen-bond acceptors (Lipinski definition) is 2. The first kappa shape index (κ1) is 10.5. The van der Waals surface area contributed by atoms with Crippen molar-refractivity contribution in [2.45, 2.75) is 45.3 Å². The molecular weight excluding hydrogens is 188 g/mol. The van der Waals surface area contributed by atoms with Gasteiger partial charge in [-0.1, -0.05) is 12.1 Å². The van der Waals surface area contributed by atoms with Crippen LogP contribution in [-0.2, 0) is 0 Å². The first-order chi connectivity index (χ1) is 7.16. The van der Waals surface area contributed by atoms with E-state index in [-0.39, 0.29) is 12.2 Å². The van der Waals surface area contributed by atoms with E-state index in [1.165, 1.54) is 11.1 Å². The van der Waals surface area contributed by atoms with Gasteiger partial charge in [0.05, 0.1) is 6.10 Å². The summed E-state index contributed by atoms with van der Waals surface area (Å²) in [4.78, 5) is 0. The smallest absolute Gasteiger partial charge is 0.122 e. The highest BCUT2D eigenvalue weighted by Gasteiger charge is 2.24. The summed E-state index contributed by atoms with van der Waals surface area (Å²) in [6, 6.07) is 6.11. The maximum atomic E-state index is 9.42. The fourth-order valence-electron chi connectivity index (χ4n) is 2.06. The Bertz CT molecular complexity index is 346. The lowest BCUT2D eigenvalue weighted by molar-refractivity contribution is 0.149. The molecule has 15 heavy (non-hydrogen) atoms. The van der Waals surface area contributed by atoms with E-state index in [2.05, 4.69) is 19.9 Å². The zero-order valence-corrected chi connectivity index (χ0v) is 9.36. The Labute approximate surface area is 90.9 Å². The molecule has 2 heteroatoms. The molecule has 0 bridgehead atoms. The zero-order valence-electron chi connectivity index (χ0n) is 9.36. The van der Waals surface area contributed by atoms with Gasteiger partial charge in [0.15, 0.2) is 0 Å². The number of aryl methyl sites for hydroxylation is 1. The van der Waals surface area contributed by atoms with E-state index in [1.807, 2.05) is 12.1 Å². The van der Waals surface area contributed by atoms with Crippen LogP contribution in [0.15, 0.2) is 18.2 Å². The maximum absolute atomic E-state index is 9.42. The number of rotatable bonds is 2.